The average Bonchev–Trinajstić information content (AvgIpc) is 3.73. The molecule has 0 unspecified atom stereocenters. The second-order valence-corrected chi connectivity index (χ2v) is 16.5. The third-order valence-electron chi connectivity index (χ3n) is 12.4. The maximum atomic E-state index is 5.29. The number of hydrogen-bond donors (Lipinski definition) is 0. The molecule has 2 heterocycles. The Balaban J connectivity index is 1.07. The van der Waals surface area contributed by atoms with Gasteiger partial charge in [-0.2, -0.15) is 9.97 Å². The van der Waals surface area contributed by atoms with Crippen molar-refractivity contribution in [3.63, 3.8) is 0 Å². The fourth-order valence-corrected chi connectivity index (χ4v) is 9.12. The average molecular weight is 844 g/mol. The second kappa shape index (κ2) is 16.6. The van der Waals surface area contributed by atoms with Gasteiger partial charge in [-0.05, 0) is 92.7 Å². The molecule has 12 rings (SSSR count). The Morgan fingerprint density at radius 2 is 0.667 bits per heavy atom. The first-order chi connectivity index (χ1) is 32.7. The van der Waals surface area contributed by atoms with E-state index in [1.165, 1.54) is 21.9 Å². The third-order valence-corrected chi connectivity index (χ3v) is 12.4. The molecule has 5 nitrogen and oxygen atoms in total. The summed E-state index contributed by atoms with van der Waals surface area (Å²) in [7, 11) is 0. The van der Waals surface area contributed by atoms with Crippen LogP contribution in [0.5, 0.6) is 0 Å². The molecule has 0 aliphatic rings. The van der Waals surface area contributed by atoms with E-state index in [1.807, 2.05) is 36.4 Å². The molecule has 0 bridgehead atoms. The molecule has 0 spiro atoms. The fraction of sp³-hybridized carbons (Fsp3) is 0. The van der Waals surface area contributed by atoms with Crippen LogP contribution in [0.4, 0.5) is 17.1 Å². The molecule has 10 aromatic carbocycles. The van der Waals surface area contributed by atoms with Crippen molar-refractivity contribution >= 4 is 49.6 Å². The Morgan fingerprint density at radius 3 is 1.24 bits per heavy atom. The molecule has 0 saturated carbocycles. The molecule has 0 aliphatic heterocycles. The highest BCUT2D eigenvalue weighted by Crippen LogP contribution is 2.42. The second-order valence-electron chi connectivity index (χ2n) is 16.5. The summed E-state index contributed by atoms with van der Waals surface area (Å²) in [5.41, 5.74) is 13.8. The van der Waals surface area contributed by atoms with Crippen LogP contribution in [0.25, 0.3) is 94.7 Å². The van der Waals surface area contributed by atoms with E-state index in [0.717, 1.165) is 72.2 Å². The lowest BCUT2D eigenvalue weighted by atomic mass is 10.0. The first-order valence-electron chi connectivity index (χ1n) is 22.3. The molecule has 0 radical (unpaired) electrons. The molecule has 5 heteroatoms. The predicted molar refractivity (Wildman–Crippen MR) is 274 cm³/mol. The fourth-order valence-electron chi connectivity index (χ4n) is 9.12. The molecule has 0 amide bonds. The normalized spacial score (nSPS) is 11.3. The van der Waals surface area contributed by atoms with Crippen molar-refractivity contribution in [1.82, 2.24) is 19.5 Å². The van der Waals surface area contributed by atoms with Crippen molar-refractivity contribution in [2.24, 2.45) is 0 Å². The Labute approximate surface area is 383 Å². The minimum Gasteiger partial charge on any atom is -0.310 e. The van der Waals surface area contributed by atoms with E-state index in [9.17, 15) is 0 Å². The predicted octanol–water partition coefficient (Wildman–Crippen LogP) is 15.9. The Bertz CT molecular complexity index is 3610. The molecular formula is C61H41N5. The van der Waals surface area contributed by atoms with E-state index in [4.69, 9.17) is 15.0 Å². The molecule has 0 N–H and O–H groups in total. The van der Waals surface area contributed by atoms with Crippen molar-refractivity contribution in [3.8, 4) is 62.1 Å². The van der Waals surface area contributed by atoms with Crippen LogP contribution in [0.1, 0.15) is 0 Å². The van der Waals surface area contributed by atoms with Crippen molar-refractivity contribution in [2.45, 2.75) is 0 Å². The first-order valence-corrected chi connectivity index (χ1v) is 22.3. The van der Waals surface area contributed by atoms with Gasteiger partial charge in [0.2, 0.25) is 5.95 Å². The summed E-state index contributed by atoms with van der Waals surface area (Å²) < 4.78 is 2.22. The van der Waals surface area contributed by atoms with Gasteiger partial charge in [0, 0.05) is 39.0 Å². The van der Waals surface area contributed by atoms with Gasteiger partial charge in [0.05, 0.1) is 11.0 Å². The molecule has 0 saturated heterocycles. The van der Waals surface area contributed by atoms with E-state index in [-0.39, 0.29) is 0 Å². The van der Waals surface area contributed by atoms with Crippen LogP contribution in [0.2, 0.25) is 0 Å². The monoisotopic (exact) mass is 843 g/mol. The maximum Gasteiger partial charge on any atom is 0.238 e. The smallest absolute Gasteiger partial charge is 0.238 e. The summed E-state index contributed by atoms with van der Waals surface area (Å²) in [6, 6.07) is 87.9. The van der Waals surface area contributed by atoms with Gasteiger partial charge in [0.25, 0.3) is 0 Å². The standard InChI is InChI=1S/C61H41N5/c1-5-15-42(16-6-1)45-27-32-52(33-28-45)65(53-34-29-46(30-35-53)50-26-25-44-19-13-14-24-49(44)39-50)54-36-38-56-55-37-31-51(43-17-7-2-8-18-43)40-57(55)66(58(56)41-54)61-63-59(47-20-9-3-10-21-47)62-60(64-61)48-22-11-4-12-23-48/h1-41H. The topological polar surface area (TPSA) is 46.8 Å². The van der Waals surface area contributed by atoms with Crippen molar-refractivity contribution < 1.29 is 0 Å². The maximum absolute atomic E-state index is 5.29. The summed E-state index contributed by atoms with van der Waals surface area (Å²) in [6.45, 7) is 0. The molecule has 66 heavy (non-hydrogen) atoms. The summed E-state index contributed by atoms with van der Waals surface area (Å²) in [5, 5.41) is 4.67. The van der Waals surface area contributed by atoms with E-state index in [1.54, 1.807) is 0 Å². The van der Waals surface area contributed by atoms with Gasteiger partial charge in [-0.15, -0.1) is 0 Å². The van der Waals surface area contributed by atoms with Crippen LogP contribution in [0.3, 0.4) is 0 Å². The first kappa shape index (κ1) is 38.7. The third kappa shape index (κ3) is 7.25. The number of rotatable bonds is 9. The zero-order valence-electron chi connectivity index (χ0n) is 35.9. The van der Waals surface area contributed by atoms with Crippen LogP contribution >= 0.6 is 0 Å². The summed E-state index contributed by atoms with van der Waals surface area (Å²) in [4.78, 5) is 18.0. The summed E-state index contributed by atoms with van der Waals surface area (Å²) in [6.07, 6.45) is 0. The van der Waals surface area contributed by atoms with Crippen LogP contribution < -0.4 is 4.90 Å². The SMILES string of the molecule is c1ccc(-c2ccc(N(c3ccc(-c4ccc5ccccc5c4)cc3)c3ccc4c5ccc(-c6ccccc6)cc5n(-c5nc(-c6ccccc6)nc(-c6ccccc6)n5)c4c3)cc2)cc1. The highest BCUT2D eigenvalue weighted by atomic mass is 15.2. The van der Waals surface area contributed by atoms with Gasteiger partial charge < -0.3 is 4.90 Å². The molecule has 2 aromatic heterocycles. The Hall–Kier alpha value is -8.93. The number of aromatic nitrogens is 4. The van der Waals surface area contributed by atoms with Gasteiger partial charge in [-0.25, -0.2) is 4.98 Å². The number of hydrogen-bond acceptors (Lipinski definition) is 4. The lowest BCUT2D eigenvalue weighted by molar-refractivity contribution is 0.953. The highest BCUT2D eigenvalue weighted by molar-refractivity contribution is 6.11. The van der Waals surface area contributed by atoms with Crippen LogP contribution in [0, 0.1) is 0 Å². The summed E-state index contributed by atoms with van der Waals surface area (Å²) >= 11 is 0. The molecular weight excluding hydrogens is 803 g/mol. The number of fused-ring (bicyclic) bond motifs is 4. The van der Waals surface area contributed by atoms with Crippen LogP contribution in [0.15, 0.2) is 249 Å². The van der Waals surface area contributed by atoms with E-state index in [0.29, 0.717) is 17.6 Å². The zero-order valence-corrected chi connectivity index (χ0v) is 35.9. The minimum atomic E-state index is 0.545. The van der Waals surface area contributed by atoms with Crippen LogP contribution in [-0.4, -0.2) is 19.5 Å². The molecule has 12 aromatic rings. The quantitative estimate of drug-likeness (QED) is 0.145. The van der Waals surface area contributed by atoms with Crippen LogP contribution in [-0.2, 0) is 0 Å². The van der Waals surface area contributed by atoms with E-state index < -0.39 is 0 Å². The summed E-state index contributed by atoms with van der Waals surface area (Å²) in [5.74, 6) is 1.76. The Kier molecular flexibility index (Phi) is 9.77. The lowest BCUT2D eigenvalue weighted by Crippen LogP contribution is -2.10. The van der Waals surface area contributed by atoms with Gasteiger partial charge in [-0.1, -0.05) is 200 Å². The largest absolute Gasteiger partial charge is 0.310 e. The Morgan fingerprint density at radius 1 is 0.273 bits per heavy atom. The van der Waals surface area contributed by atoms with Crippen molar-refractivity contribution in [3.05, 3.63) is 249 Å². The van der Waals surface area contributed by atoms with Gasteiger partial charge in [-0.3, -0.25) is 4.57 Å². The number of nitrogens with zero attached hydrogens (tertiary/aromatic N) is 5. The molecule has 0 fully saturated rings. The molecule has 0 aliphatic carbocycles. The number of benzene rings is 10. The van der Waals surface area contributed by atoms with E-state index >= 15 is 0 Å². The van der Waals surface area contributed by atoms with E-state index in [2.05, 4.69) is 222 Å². The van der Waals surface area contributed by atoms with Crippen molar-refractivity contribution in [1.29, 1.82) is 0 Å². The zero-order chi connectivity index (χ0) is 43.8. The van der Waals surface area contributed by atoms with Gasteiger partial charge in [0.1, 0.15) is 0 Å². The van der Waals surface area contributed by atoms with Crippen molar-refractivity contribution in [2.75, 3.05) is 4.90 Å². The minimum absolute atomic E-state index is 0.545. The number of anilines is 3. The van der Waals surface area contributed by atoms with Gasteiger partial charge >= 0.3 is 0 Å². The van der Waals surface area contributed by atoms with Gasteiger partial charge in [0.15, 0.2) is 11.6 Å². The highest BCUT2D eigenvalue weighted by Gasteiger charge is 2.21. The lowest BCUT2D eigenvalue weighted by Gasteiger charge is -2.26. The molecule has 0 atom stereocenters. The molecule has 310 valence electrons.